The second kappa shape index (κ2) is 5.31. The Morgan fingerprint density at radius 1 is 1.37 bits per heavy atom. The first kappa shape index (κ1) is 12.6. The molecule has 4 heteroatoms. The first-order chi connectivity index (χ1) is 9.20. The summed E-state index contributed by atoms with van der Waals surface area (Å²) in [6.07, 6.45) is 0.225. The molecular formula is C15H16FNOS. The van der Waals surface area contributed by atoms with Crippen LogP contribution in [0.1, 0.15) is 11.1 Å². The smallest absolute Gasteiger partial charge is 0.126 e. The van der Waals surface area contributed by atoms with Crippen molar-refractivity contribution in [3.63, 3.8) is 0 Å². The zero-order chi connectivity index (χ0) is 13.2. The summed E-state index contributed by atoms with van der Waals surface area (Å²) < 4.78 is 19.0. The fourth-order valence-corrected chi connectivity index (χ4v) is 2.91. The highest BCUT2D eigenvalue weighted by atomic mass is 32.1. The minimum atomic E-state index is -0.181. The second-order valence-electron chi connectivity index (χ2n) is 4.98. The largest absolute Gasteiger partial charge is 0.488 e. The monoisotopic (exact) mass is 277 g/mol. The molecule has 0 bridgehead atoms. The van der Waals surface area contributed by atoms with Crippen LogP contribution in [-0.4, -0.2) is 24.1 Å². The summed E-state index contributed by atoms with van der Waals surface area (Å²) in [6, 6.07) is 7.08. The van der Waals surface area contributed by atoms with E-state index in [4.69, 9.17) is 4.74 Å². The maximum atomic E-state index is 13.1. The Labute approximate surface area is 116 Å². The van der Waals surface area contributed by atoms with Crippen LogP contribution in [0.2, 0.25) is 0 Å². The van der Waals surface area contributed by atoms with Crippen LogP contribution < -0.4 is 4.74 Å². The van der Waals surface area contributed by atoms with E-state index in [0.717, 1.165) is 25.4 Å². The first-order valence-corrected chi connectivity index (χ1v) is 7.31. The molecule has 1 aromatic carbocycles. The van der Waals surface area contributed by atoms with Crippen molar-refractivity contribution < 1.29 is 9.13 Å². The molecule has 3 rings (SSSR count). The number of benzene rings is 1. The normalized spacial score (nSPS) is 16.3. The topological polar surface area (TPSA) is 12.5 Å². The fourth-order valence-electron chi connectivity index (χ4n) is 2.25. The van der Waals surface area contributed by atoms with Gasteiger partial charge in [-0.1, -0.05) is 0 Å². The van der Waals surface area contributed by atoms with Gasteiger partial charge >= 0.3 is 0 Å². The molecule has 0 spiro atoms. The van der Waals surface area contributed by atoms with Crippen LogP contribution in [0.5, 0.6) is 5.75 Å². The molecule has 2 nitrogen and oxygen atoms in total. The molecular weight excluding hydrogens is 261 g/mol. The van der Waals surface area contributed by atoms with Crippen LogP contribution in [0.4, 0.5) is 4.39 Å². The summed E-state index contributed by atoms with van der Waals surface area (Å²) in [5.41, 5.74) is 1.99. The molecule has 2 heterocycles. The molecule has 0 radical (unpaired) electrons. The summed E-state index contributed by atoms with van der Waals surface area (Å²) in [5, 5.41) is 4.28. The number of hydrogen-bond donors (Lipinski definition) is 0. The van der Waals surface area contributed by atoms with Crippen molar-refractivity contribution in [3.05, 3.63) is 52.0 Å². The maximum absolute atomic E-state index is 13.1. The molecule has 1 aliphatic rings. The standard InChI is InChI=1S/C15H16FNOS/c1-11-6-13(2-3-15(11)16)18-14-8-17(9-14)7-12-4-5-19-10-12/h2-6,10,14H,7-9H2,1H3. The average Bonchev–Trinajstić information content (AvgIpc) is 2.84. The lowest BCUT2D eigenvalue weighted by atomic mass is 10.1. The van der Waals surface area contributed by atoms with Gasteiger partial charge in [0.2, 0.25) is 0 Å². The number of nitrogens with zero attached hydrogens (tertiary/aromatic N) is 1. The van der Waals surface area contributed by atoms with Crippen molar-refractivity contribution in [2.45, 2.75) is 19.6 Å². The highest BCUT2D eigenvalue weighted by Crippen LogP contribution is 2.22. The zero-order valence-corrected chi connectivity index (χ0v) is 11.6. The van der Waals surface area contributed by atoms with E-state index >= 15 is 0 Å². The molecule has 0 N–H and O–H groups in total. The summed E-state index contributed by atoms with van der Waals surface area (Å²) in [4.78, 5) is 2.35. The van der Waals surface area contributed by atoms with Crippen molar-refractivity contribution in [1.29, 1.82) is 0 Å². The Bertz CT molecular complexity index is 549. The molecule has 0 amide bonds. The summed E-state index contributed by atoms with van der Waals surface area (Å²) in [6.45, 7) is 4.62. The Hall–Kier alpha value is -1.39. The first-order valence-electron chi connectivity index (χ1n) is 6.37. The highest BCUT2D eigenvalue weighted by molar-refractivity contribution is 7.07. The van der Waals surface area contributed by atoms with E-state index < -0.39 is 0 Å². The molecule has 19 heavy (non-hydrogen) atoms. The van der Waals surface area contributed by atoms with E-state index in [1.165, 1.54) is 11.6 Å². The molecule has 100 valence electrons. The predicted molar refractivity (Wildman–Crippen MR) is 75.1 cm³/mol. The molecule has 1 aliphatic heterocycles. The van der Waals surface area contributed by atoms with Gasteiger partial charge in [0.25, 0.3) is 0 Å². The third-order valence-electron chi connectivity index (χ3n) is 3.34. The predicted octanol–water partition coefficient (Wildman–Crippen LogP) is 3.46. The van der Waals surface area contributed by atoms with Crippen molar-refractivity contribution in [2.24, 2.45) is 0 Å². The van der Waals surface area contributed by atoms with Crippen molar-refractivity contribution >= 4 is 11.3 Å². The van der Waals surface area contributed by atoms with E-state index in [9.17, 15) is 4.39 Å². The lowest BCUT2D eigenvalue weighted by molar-refractivity contribution is 0.0146. The van der Waals surface area contributed by atoms with Crippen molar-refractivity contribution in [1.82, 2.24) is 4.90 Å². The van der Waals surface area contributed by atoms with Gasteiger partial charge in [-0.15, -0.1) is 0 Å². The Morgan fingerprint density at radius 3 is 2.89 bits per heavy atom. The molecule has 0 aliphatic carbocycles. The van der Waals surface area contributed by atoms with Crippen LogP contribution >= 0.6 is 11.3 Å². The van der Waals surface area contributed by atoms with E-state index in [2.05, 4.69) is 21.7 Å². The summed E-state index contributed by atoms with van der Waals surface area (Å²) in [7, 11) is 0. The fraction of sp³-hybridized carbons (Fsp3) is 0.333. The van der Waals surface area contributed by atoms with Crippen LogP contribution in [0.3, 0.4) is 0 Å². The van der Waals surface area contributed by atoms with E-state index in [-0.39, 0.29) is 11.9 Å². The van der Waals surface area contributed by atoms with Crippen LogP contribution in [-0.2, 0) is 6.54 Å². The van der Waals surface area contributed by atoms with Crippen LogP contribution in [0, 0.1) is 12.7 Å². The van der Waals surface area contributed by atoms with Crippen molar-refractivity contribution in [2.75, 3.05) is 13.1 Å². The van der Waals surface area contributed by atoms with Gasteiger partial charge in [0.1, 0.15) is 17.7 Å². The quantitative estimate of drug-likeness (QED) is 0.848. The number of aryl methyl sites for hydroxylation is 1. The Kier molecular flexibility index (Phi) is 3.53. The van der Waals surface area contributed by atoms with Gasteiger partial charge in [0.15, 0.2) is 0 Å². The lowest BCUT2D eigenvalue weighted by Crippen LogP contribution is -2.52. The molecule has 0 saturated carbocycles. The third kappa shape index (κ3) is 2.96. The van der Waals surface area contributed by atoms with E-state index in [1.54, 1.807) is 30.4 Å². The van der Waals surface area contributed by atoms with Crippen LogP contribution in [0.15, 0.2) is 35.0 Å². The van der Waals surface area contributed by atoms with Gasteiger partial charge in [-0.3, -0.25) is 4.90 Å². The van der Waals surface area contributed by atoms with Gasteiger partial charge in [-0.05, 0) is 53.1 Å². The lowest BCUT2D eigenvalue weighted by Gasteiger charge is -2.38. The molecule has 1 saturated heterocycles. The minimum Gasteiger partial charge on any atom is -0.488 e. The van der Waals surface area contributed by atoms with E-state index in [1.807, 2.05) is 0 Å². The van der Waals surface area contributed by atoms with Gasteiger partial charge in [-0.25, -0.2) is 4.39 Å². The maximum Gasteiger partial charge on any atom is 0.126 e. The Balaban J connectivity index is 1.49. The van der Waals surface area contributed by atoms with Gasteiger partial charge in [0.05, 0.1) is 0 Å². The molecule has 0 atom stereocenters. The Morgan fingerprint density at radius 2 is 2.21 bits per heavy atom. The molecule has 2 aromatic rings. The molecule has 1 aromatic heterocycles. The summed E-state index contributed by atoms with van der Waals surface area (Å²) in [5.74, 6) is 0.583. The second-order valence-corrected chi connectivity index (χ2v) is 5.76. The van der Waals surface area contributed by atoms with E-state index in [0.29, 0.717) is 5.56 Å². The van der Waals surface area contributed by atoms with Crippen LogP contribution in [0.25, 0.3) is 0 Å². The molecule has 0 unspecified atom stereocenters. The van der Waals surface area contributed by atoms with Crippen molar-refractivity contribution in [3.8, 4) is 5.75 Å². The number of ether oxygens (including phenoxy) is 1. The number of hydrogen-bond acceptors (Lipinski definition) is 3. The number of halogens is 1. The van der Waals surface area contributed by atoms with Gasteiger partial charge in [-0.2, -0.15) is 11.3 Å². The SMILES string of the molecule is Cc1cc(OC2CN(Cc3ccsc3)C2)ccc1F. The zero-order valence-electron chi connectivity index (χ0n) is 10.8. The number of rotatable bonds is 4. The third-order valence-corrected chi connectivity index (χ3v) is 4.07. The summed E-state index contributed by atoms with van der Waals surface area (Å²) >= 11 is 1.73. The van der Waals surface area contributed by atoms with Gasteiger partial charge in [0, 0.05) is 19.6 Å². The highest BCUT2D eigenvalue weighted by Gasteiger charge is 2.28. The molecule has 1 fully saturated rings. The minimum absolute atomic E-state index is 0.181. The number of thiophene rings is 1. The average molecular weight is 277 g/mol. The number of likely N-dealkylation sites (tertiary alicyclic amines) is 1. The van der Waals surface area contributed by atoms with Gasteiger partial charge < -0.3 is 4.74 Å².